The third-order valence-electron chi connectivity index (χ3n) is 3.97. The van der Waals surface area contributed by atoms with Crippen molar-refractivity contribution in [2.75, 3.05) is 0 Å². The second kappa shape index (κ2) is 6.98. The lowest BCUT2D eigenvalue weighted by Gasteiger charge is -2.26. The largest absolute Gasteiger partial charge is 0.481 e. The Labute approximate surface area is 129 Å². The minimum atomic E-state index is -0.733. The first-order chi connectivity index (χ1) is 10.0. The van der Waals surface area contributed by atoms with E-state index in [4.69, 9.17) is 16.7 Å². The Bertz CT molecular complexity index is 519. The van der Waals surface area contributed by atoms with Gasteiger partial charge in [0.15, 0.2) is 0 Å². The zero-order valence-corrected chi connectivity index (χ0v) is 12.9. The summed E-state index contributed by atoms with van der Waals surface area (Å²) in [6.45, 7) is 2.80. The molecule has 6 heteroatoms. The average Bonchev–Trinajstić information content (AvgIpc) is 2.81. The lowest BCUT2D eigenvalue weighted by molar-refractivity contribution is -0.142. The van der Waals surface area contributed by atoms with E-state index in [0.29, 0.717) is 36.4 Å². The Balaban J connectivity index is 1.95. The molecule has 116 valence electrons. The van der Waals surface area contributed by atoms with Crippen LogP contribution in [-0.2, 0) is 11.3 Å². The zero-order chi connectivity index (χ0) is 15.4. The number of aromatic nitrogens is 1. The smallest absolute Gasteiger partial charge is 0.306 e. The Morgan fingerprint density at radius 1 is 1.38 bits per heavy atom. The second-order valence-corrected chi connectivity index (χ2v) is 6.03. The van der Waals surface area contributed by atoms with Crippen LogP contribution in [0.15, 0.2) is 12.3 Å². The molecule has 1 aromatic heterocycles. The van der Waals surface area contributed by atoms with Gasteiger partial charge >= 0.3 is 5.97 Å². The van der Waals surface area contributed by atoms with Crippen molar-refractivity contribution >= 4 is 23.5 Å². The summed E-state index contributed by atoms with van der Waals surface area (Å²) in [5.74, 6) is -1.13. The number of aryl methyl sites for hydroxylation is 1. The van der Waals surface area contributed by atoms with Crippen molar-refractivity contribution in [2.24, 2.45) is 5.92 Å². The van der Waals surface area contributed by atoms with Crippen molar-refractivity contribution in [1.29, 1.82) is 0 Å². The van der Waals surface area contributed by atoms with Crippen molar-refractivity contribution in [1.82, 2.24) is 9.88 Å². The molecule has 0 unspecified atom stereocenters. The lowest BCUT2D eigenvalue weighted by Crippen LogP contribution is -2.39. The molecular weight excluding hydrogens is 292 g/mol. The fraction of sp³-hybridized carbons (Fsp3) is 0.600. The van der Waals surface area contributed by atoms with Crippen molar-refractivity contribution in [3.63, 3.8) is 0 Å². The van der Waals surface area contributed by atoms with Crippen LogP contribution >= 0.6 is 11.6 Å². The molecule has 1 aromatic rings. The van der Waals surface area contributed by atoms with Gasteiger partial charge in [0.25, 0.3) is 5.91 Å². The molecule has 2 rings (SSSR count). The number of rotatable bonds is 5. The van der Waals surface area contributed by atoms with Gasteiger partial charge in [0, 0.05) is 18.8 Å². The average molecular weight is 313 g/mol. The number of amides is 1. The summed E-state index contributed by atoms with van der Waals surface area (Å²) in [5.41, 5.74) is 0.571. The Hall–Kier alpha value is -1.49. The molecule has 0 aliphatic heterocycles. The van der Waals surface area contributed by atoms with Crippen molar-refractivity contribution in [3.8, 4) is 0 Å². The van der Waals surface area contributed by atoms with Crippen LogP contribution in [0.3, 0.4) is 0 Å². The number of carbonyl (C=O) groups is 2. The van der Waals surface area contributed by atoms with Crippen molar-refractivity contribution in [3.05, 3.63) is 23.0 Å². The fourth-order valence-electron chi connectivity index (χ4n) is 2.84. The number of aliphatic carboxylic acids is 1. The van der Waals surface area contributed by atoms with Crippen molar-refractivity contribution in [2.45, 2.75) is 51.6 Å². The van der Waals surface area contributed by atoms with Gasteiger partial charge in [-0.3, -0.25) is 9.59 Å². The first-order valence-corrected chi connectivity index (χ1v) is 7.78. The SMILES string of the molecule is CCCn1cc(Cl)cc1C(=O)NC1CCC(C(=O)O)CC1. The number of carbonyl (C=O) groups excluding carboxylic acids is 1. The minimum absolute atomic E-state index is 0.0526. The van der Waals surface area contributed by atoms with Crippen LogP contribution in [0.5, 0.6) is 0 Å². The quantitative estimate of drug-likeness (QED) is 0.878. The lowest BCUT2D eigenvalue weighted by atomic mass is 9.86. The number of nitrogens with one attached hydrogen (secondary N) is 1. The van der Waals surface area contributed by atoms with Gasteiger partial charge in [0.1, 0.15) is 5.69 Å². The van der Waals surface area contributed by atoms with E-state index in [0.717, 1.165) is 13.0 Å². The highest BCUT2D eigenvalue weighted by Gasteiger charge is 2.27. The molecule has 0 radical (unpaired) electrons. The van der Waals surface area contributed by atoms with E-state index < -0.39 is 5.97 Å². The van der Waals surface area contributed by atoms with E-state index in [1.807, 2.05) is 11.5 Å². The number of hydrogen-bond acceptors (Lipinski definition) is 2. The first-order valence-electron chi connectivity index (χ1n) is 7.40. The van der Waals surface area contributed by atoms with E-state index in [-0.39, 0.29) is 17.9 Å². The van der Waals surface area contributed by atoms with Gasteiger partial charge < -0.3 is 15.0 Å². The fourth-order valence-corrected chi connectivity index (χ4v) is 3.06. The van der Waals surface area contributed by atoms with E-state index in [1.54, 1.807) is 12.3 Å². The highest BCUT2D eigenvalue weighted by atomic mass is 35.5. The van der Waals surface area contributed by atoms with Crippen LogP contribution in [0.1, 0.15) is 49.5 Å². The second-order valence-electron chi connectivity index (χ2n) is 5.60. The summed E-state index contributed by atoms with van der Waals surface area (Å²) in [7, 11) is 0. The van der Waals surface area contributed by atoms with Gasteiger partial charge in [-0.1, -0.05) is 18.5 Å². The van der Waals surface area contributed by atoms with Gasteiger partial charge in [0.2, 0.25) is 0 Å². The summed E-state index contributed by atoms with van der Waals surface area (Å²) in [5, 5.41) is 12.5. The summed E-state index contributed by atoms with van der Waals surface area (Å²) >= 11 is 5.98. The summed E-state index contributed by atoms with van der Waals surface area (Å²) < 4.78 is 1.86. The molecule has 1 fully saturated rings. The monoisotopic (exact) mass is 312 g/mol. The van der Waals surface area contributed by atoms with E-state index >= 15 is 0 Å². The summed E-state index contributed by atoms with van der Waals surface area (Å²) in [6.07, 6.45) is 5.36. The molecule has 2 N–H and O–H groups in total. The van der Waals surface area contributed by atoms with E-state index in [2.05, 4.69) is 5.32 Å². The molecule has 0 bridgehead atoms. The molecule has 5 nitrogen and oxygen atoms in total. The normalized spacial score (nSPS) is 22.0. The number of carboxylic acids is 1. The molecule has 1 aliphatic rings. The molecule has 21 heavy (non-hydrogen) atoms. The molecule has 0 spiro atoms. The third kappa shape index (κ3) is 4.00. The maximum absolute atomic E-state index is 12.3. The standard InChI is InChI=1S/C15H21ClN2O3/c1-2-7-18-9-11(16)8-13(18)14(19)17-12-5-3-10(4-6-12)15(20)21/h8-10,12H,2-7H2,1H3,(H,17,19)(H,20,21). The maximum Gasteiger partial charge on any atom is 0.306 e. The molecule has 1 amide bonds. The van der Waals surface area contributed by atoms with Gasteiger partial charge in [-0.25, -0.2) is 0 Å². The molecule has 1 heterocycles. The Kier molecular flexibility index (Phi) is 5.28. The molecule has 0 aromatic carbocycles. The van der Waals surface area contributed by atoms with Gasteiger partial charge in [-0.2, -0.15) is 0 Å². The predicted octanol–water partition coefficient (Wildman–Crippen LogP) is 2.92. The summed E-state index contributed by atoms with van der Waals surface area (Å²) in [4.78, 5) is 23.2. The number of carboxylic acid groups (broad SMARTS) is 1. The highest BCUT2D eigenvalue weighted by Crippen LogP contribution is 2.25. The molecular formula is C15H21ClN2O3. The van der Waals surface area contributed by atoms with Gasteiger partial charge in [-0.05, 0) is 38.2 Å². The topological polar surface area (TPSA) is 71.3 Å². The van der Waals surface area contributed by atoms with Crippen LogP contribution in [0.25, 0.3) is 0 Å². The maximum atomic E-state index is 12.3. The minimum Gasteiger partial charge on any atom is -0.481 e. The molecule has 0 atom stereocenters. The molecule has 0 saturated heterocycles. The number of halogens is 1. The van der Waals surface area contributed by atoms with Crippen LogP contribution in [0.4, 0.5) is 0 Å². The number of hydrogen-bond donors (Lipinski definition) is 2. The predicted molar refractivity (Wildman–Crippen MR) is 80.6 cm³/mol. The van der Waals surface area contributed by atoms with Crippen LogP contribution in [0.2, 0.25) is 5.02 Å². The van der Waals surface area contributed by atoms with Crippen LogP contribution < -0.4 is 5.32 Å². The first kappa shape index (κ1) is 15.9. The highest BCUT2D eigenvalue weighted by molar-refractivity contribution is 6.31. The van der Waals surface area contributed by atoms with Gasteiger partial charge in [0.05, 0.1) is 10.9 Å². The Morgan fingerprint density at radius 3 is 2.62 bits per heavy atom. The Morgan fingerprint density at radius 2 is 2.05 bits per heavy atom. The molecule has 1 aliphatic carbocycles. The van der Waals surface area contributed by atoms with Crippen LogP contribution in [0, 0.1) is 5.92 Å². The zero-order valence-electron chi connectivity index (χ0n) is 12.1. The third-order valence-corrected chi connectivity index (χ3v) is 4.18. The van der Waals surface area contributed by atoms with E-state index in [9.17, 15) is 9.59 Å². The summed E-state index contributed by atoms with van der Waals surface area (Å²) in [6, 6.07) is 1.73. The van der Waals surface area contributed by atoms with E-state index in [1.165, 1.54) is 0 Å². The van der Waals surface area contributed by atoms with Crippen LogP contribution in [-0.4, -0.2) is 27.6 Å². The number of nitrogens with zero attached hydrogens (tertiary/aromatic N) is 1. The van der Waals surface area contributed by atoms with Crippen molar-refractivity contribution < 1.29 is 14.7 Å². The molecule has 1 saturated carbocycles. The van der Waals surface area contributed by atoms with Gasteiger partial charge in [-0.15, -0.1) is 0 Å².